The summed E-state index contributed by atoms with van der Waals surface area (Å²) in [5, 5.41) is 8.76. The van der Waals surface area contributed by atoms with Crippen molar-refractivity contribution in [3.05, 3.63) is 0 Å². The van der Waals surface area contributed by atoms with E-state index >= 15 is 0 Å². The molecular formula is C11H25NO3S. The fraction of sp³-hybridized carbons (Fsp3) is 1.00. The van der Waals surface area contributed by atoms with Gasteiger partial charge in [0.2, 0.25) is 10.0 Å². The number of aliphatic hydroxyl groups excluding tert-OH is 1. The zero-order chi connectivity index (χ0) is 12.8. The largest absolute Gasteiger partial charge is 0.396 e. The predicted octanol–water partition coefficient (Wildman–Crippen LogP) is 1.46. The Morgan fingerprint density at radius 3 is 2.12 bits per heavy atom. The van der Waals surface area contributed by atoms with Crippen LogP contribution in [0.2, 0.25) is 0 Å². The molecule has 0 aromatic carbocycles. The molecule has 98 valence electrons. The summed E-state index contributed by atoms with van der Waals surface area (Å²) >= 11 is 0. The van der Waals surface area contributed by atoms with E-state index in [1.54, 1.807) is 0 Å². The maximum absolute atomic E-state index is 12.0. The maximum atomic E-state index is 12.0. The summed E-state index contributed by atoms with van der Waals surface area (Å²) in [6.07, 6.45) is 1.18. The molecule has 0 rings (SSSR count). The minimum absolute atomic E-state index is 0.0307. The van der Waals surface area contributed by atoms with E-state index in [0.29, 0.717) is 25.3 Å². The van der Waals surface area contributed by atoms with E-state index in [2.05, 4.69) is 0 Å². The second kappa shape index (κ2) is 7.25. The number of nitrogens with zero attached hydrogens (tertiary/aromatic N) is 1. The zero-order valence-electron chi connectivity index (χ0n) is 10.8. The fourth-order valence-corrected chi connectivity index (χ4v) is 3.50. The van der Waals surface area contributed by atoms with Crippen molar-refractivity contribution in [1.82, 2.24) is 4.31 Å². The molecule has 16 heavy (non-hydrogen) atoms. The third-order valence-corrected chi connectivity index (χ3v) is 4.49. The molecule has 0 aliphatic rings. The van der Waals surface area contributed by atoms with Crippen molar-refractivity contribution in [2.24, 2.45) is 5.92 Å². The van der Waals surface area contributed by atoms with E-state index in [1.165, 1.54) is 4.31 Å². The van der Waals surface area contributed by atoms with Gasteiger partial charge in [-0.3, -0.25) is 0 Å². The Balaban J connectivity index is 4.50. The van der Waals surface area contributed by atoms with Gasteiger partial charge in [0.05, 0.1) is 5.75 Å². The molecular weight excluding hydrogens is 226 g/mol. The molecule has 0 aromatic heterocycles. The van der Waals surface area contributed by atoms with Crippen LogP contribution in [-0.2, 0) is 10.0 Å². The minimum atomic E-state index is -3.17. The Kier molecular flexibility index (Phi) is 7.19. The van der Waals surface area contributed by atoms with Gasteiger partial charge in [0.25, 0.3) is 0 Å². The summed E-state index contributed by atoms with van der Waals surface area (Å²) in [6, 6.07) is -0.0382. The van der Waals surface area contributed by atoms with Crippen molar-refractivity contribution < 1.29 is 13.5 Å². The number of rotatable bonds is 8. The van der Waals surface area contributed by atoms with Gasteiger partial charge in [-0.05, 0) is 32.6 Å². The van der Waals surface area contributed by atoms with Gasteiger partial charge in [0.1, 0.15) is 0 Å². The first kappa shape index (κ1) is 15.9. The van der Waals surface area contributed by atoms with E-state index in [0.717, 1.165) is 0 Å². The summed E-state index contributed by atoms with van der Waals surface area (Å²) in [6.45, 7) is 8.21. The third-order valence-electron chi connectivity index (χ3n) is 2.42. The van der Waals surface area contributed by atoms with Gasteiger partial charge in [-0.2, -0.15) is 4.31 Å². The molecule has 0 amide bonds. The number of hydrogen-bond donors (Lipinski definition) is 1. The first-order valence-corrected chi connectivity index (χ1v) is 7.52. The van der Waals surface area contributed by atoms with Crippen LogP contribution < -0.4 is 0 Å². The summed E-state index contributed by atoms with van der Waals surface area (Å²) in [4.78, 5) is 0. The second-order valence-electron chi connectivity index (χ2n) is 4.78. The predicted molar refractivity (Wildman–Crippen MR) is 66.8 cm³/mol. The van der Waals surface area contributed by atoms with Gasteiger partial charge < -0.3 is 5.11 Å². The van der Waals surface area contributed by atoms with Crippen molar-refractivity contribution >= 4 is 10.0 Å². The van der Waals surface area contributed by atoms with Crippen LogP contribution in [0.15, 0.2) is 0 Å². The molecule has 0 heterocycles. The molecule has 0 aliphatic heterocycles. The van der Waals surface area contributed by atoms with Crippen LogP contribution in [0.5, 0.6) is 0 Å². The molecule has 1 N–H and O–H groups in total. The van der Waals surface area contributed by atoms with Crippen molar-refractivity contribution in [2.45, 2.75) is 46.6 Å². The highest BCUT2D eigenvalue weighted by Crippen LogP contribution is 2.12. The SMILES string of the molecule is CC(C)CCS(=O)(=O)N(CCCO)C(C)C. The van der Waals surface area contributed by atoms with Gasteiger partial charge >= 0.3 is 0 Å². The van der Waals surface area contributed by atoms with Gasteiger partial charge in [0, 0.05) is 19.2 Å². The second-order valence-corrected chi connectivity index (χ2v) is 6.82. The van der Waals surface area contributed by atoms with Crippen LogP contribution in [0.25, 0.3) is 0 Å². The standard InChI is InChI=1S/C11H25NO3S/c1-10(2)6-9-16(14,15)12(11(3)4)7-5-8-13/h10-11,13H,5-9H2,1-4H3. The smallest absolute Gasteiger partial charge is 0.214 e. The summed E-state index contributed by atoms with van der Waals surface area (Å²) in [5.74, 6) is 0.593. The molecule has 0 radical (unpaired) electrons. The molecule has 5 heteroatoms. The normalized spacial score (nSPS) is 13.0. The number of hydrogen-bond acceptors (Lipinski definition) is 3. The van der Waals surface area contributed by atoms with Crippen molar-refractivity contribution in [2.75, 3.05) is 18.9 Å². The Morgan fingerprint density at radius 2 is 1.75 bits per heavy atom. The van der Waals surface area contributed by atoms with E-state index in [4.69, 9.17) is 5.11 Å². The van der Waals surface area contributed by atoms with Crippen LogP contribution in [0.4, 0.5) is 0 Å². The summed E-state index contributed by atoms with van der Waals surface area (Å²) in [5.41, 5.74) is 0. The van der Waals surface area contributed by atoms with E-state index in [-0.39, 0.29) is 18.4 Å². The number of sulfonamides is 1. The molecule has 4 nitrogen and oxygen atoms in total. The highest BCUT2D eigenvalue weighted by atomic mass is 32.2. The molecule has 0 bridgehead atoms. The lowest BCUT2D eigenvalue weighted by molar-refractivity contribution is 0.258. The van der Waals surface area contributed by atoms with E-state index in [1.807, 2.05) is 27.7 Å². The third kappa shape index (κ3) is 5.82. The monoisotopic (exact) mass is 251 g/mol. The lowest BCUT2D eigenvalue weighted by Gasteiger charge is -2.26. The Hall–Kier alpha value is -0.130. The molecule has 0 saturated carbocycles. The highest BCUT2D eigenvalue weighted by Gasteiger charge is 2.24. The van der Waals surface area contributed by atoms with Crippen molar-refractivity contribution in [3.8, 4) is 0 Å². The molecule has 0 spiro atoms. The molecule has 0 aromatic rings. The van der Waals surface area contributed by atoms with Crippen LogP contribution >= 0.6 is 0 Å². The molecule has 0 aliphatic carbocycles. The van der Waals surface area contributed by atoms with Crippen LogP contribution in [0.1, 0.15) is 40.5 Å². The first-order valence-electron chi connectivity index (χ1n) is 5.91. The molecule has 0 unspecified atom stereocenters. The first-order chi connectivity index (χ1) is 7.31. The van der Waals surface area contributed by atoms with E-state index in [9.17, 15) is 8.42 Å². The average molecular weight is 251 g/mol. The van der Waals surface area contributed by atoms with Gasteiger partial charge in [0.15, 0.2) is 0 Å². The van der Waals surface area contributed by atoms with Crippen LogP contribution in [0.3, 0.4) is 0 Å². The van der Waals surface area contributed by atoms with Gasteiger partial charge in [-0.15, -0.1) is 0 Å². The van der Waals surface area contributed by atoms with Crippen LogP contribution in [0, 0.1) is 5.92 Å². The summed E-state index contributed by atoms with van der Waals surface area (Å²) in [7, 11) is -3.17. The van der Waals surface area contributed by atoms with E-state index < -0.39 is 10.0 Å². The topological polar surface area (TPSA) is 57.6 Å². The van der Waals surface area contributed by atoms with Crippen molar-refractivity contribution in [1.29, 1.82) is 0 Å². The number of aliphatic hydroxyl groups is 1. The van der Waals surface area contributed by atoms with Crippen molar-refractivity contribution in [3.63, 3.8) is 0 Å². The quantitative estimate of drug-likeness (QED) is 0.710. The Labute approximate surface area is 99.7 Å². The lowest BCUT2D eigenvalue weighted by atomic mass is 10.2. The Bertz CT molecular complexity index is 273. The molecule has 0 atom stereocenters. The Morgan fingerprint density at radius 1 is 1.19 bits per heavy atom. The lowest BCUT2D eigenvalue weighted by Crippen LogP contribution is -2.39. The van der Waals surface area contributed by atoms with Crippen LogP contribution in [-0.4, -0.2) is 42.8 Å². The molecule has 0 saturated heterocycles. The zero-order valence-corrected chi connectivity index (χ0v) is 11.6. The van der Waals surface area contributed by atoms with Gasteiger partial charge in [-0.1, -0.05) is 13.8 Å². The average Bonchev–Trinajstić information content (AvgIpc) is 2.14. The fourth-order valence-electron chi connectivity index (χ4n) is 1.45. The highest BCUT2D eigenvalue weighted by molar-refractivity contribution is 7.89. The maximum Gasteiger partial charge on any atom is 0.214 e. The molecule has 0 fully saturated rings. The summed E-state index contributed by atoms with van der Waals surface area (Å²) < 4.78 is 25.5. The minimum Gasteiger partial charge on any atom is -0.396 e. The van der Waals surface area contributed by atoms with Gasteiger partial charge in [-0.25, -0.2) is 8.42 Å².